The van der Waals surface area contributed by atoms with E-state index in [0.29, 0.717) is 55.4 Å². The Kier molecular flexibility index (Phi) is 8.11. The molecule has 2 aromatic carbocycles. The maximum absolute atomic E-state index is 13.9. The van der Waals surface area contributed by atoms with Crippen LogP contribution < -0.4 is 9.80 Å². The molecule has 0 atom stereocenters. The lowest BCUT2D eigenvalue weighted by Crippen LogP contribution is -2.54. The number of carbonyl (C=O) groups excluding carboxylic acids is 1. The number of anilines is 2. The van der Waals surface area contributed by atoms with E-state index in [9.17, 15) is 36.3 Å². The highest BCUT2D eigenvalue weighted by Crippen LogP contribution is 2.41. The van der Waals surface area contributed by atoms with Crippen molar-refractivity contribution in [1.29, 1.82) is 0 Å². The lowest BCUT2D eigenvalue weighted by atomic mass is 9.81. The number of aryl methyl sites for hydroxylation is 1. The standard InChI is InChI=1S/C30H32F6N4O2/c1-19-8-6-7-9-23(19)24-17-26(39-10-12-40(5,42)13-11-39)37-18-25(24)38(4)27(41)28(2,3)20-14-21(29(31,32)33)16-22(15-20)30(34,35)36/h6-9,14-18H,10-13H2,1-5H3. The van der Waals surface area contributed by atoms with Gasteiger partial charge in [0, 0.05) is 12.6 Å². The number of halogens is 6. The van der Waals surface area contributed by atoms with Crippen LogP contribution in [-0.2, 0) is 22.6 Å². The van der Waals surface area contributed by atoms with Crippen molar-refractivity contribution in [3.8, 4) is 11.1 Å². The first-order chi connectivity index (χ1) is 19.3. The minimum absolute atomic E-state index is 0.0433. The summed E-state index contributed by atoms with van der Waals surface area (Å²) in [6.45, 7) is 6.15. The number of pyridine rings is 1. The van der Waals surface area contributed by atoms with Gasteiger partial charge in [-0.1, -0.05) is 24.3 Å². The van der Waals surface area contributed by atoms with Crippen LogP contribution >= 0.6 is 0 Å². The summed E-state index contributed by atoms with van der Waals surface area (Å²) < 4.78 is 81.0. The second-order valence-corrected chi connectivity index (χ2v) is 11.4. The zero-order valence-electron chi connectivity index (χ0n) is 23.9. The van der Waals surface area contributed by atoms with Crippen molar-refractivity contribution in [2.75, 3.05) is 50.1 Å². The number of amides is 1. The Hall–Kier alpha value is -3.64. The largest absolute Gasteiger partial charge is 0.633 e. The Labute approximate surface area is 240 Å². The van der Waals surface area contributed by atoms with Gasteiger partial charge in [0.15, 0.2) is 0 Å². The Balaban J connectivity index is 1.79. The van der Waals surface area contributed by atoms with Gasteiger partial charge in [-0.15, -0.1) is 0 Å². The van der Waals surface area contributed by atoms with E-state index in [1.54, 1.807) is 13.1 Å². The zero-order valence-corrected chi connectivity index (χ0v) is 23.9. The third kappa shape index (κ3) is 6.39. The van der Waals surface area contributed by atoms with E-state index >= 15 is 0 Å². The van der Waals surface area contributed by atoms with Crippen molar-refractivity contribution in [3.63, 3.8) is 0 Å². The van der Waals surface area contributed by atoms with E-state index in [2.05, 4.69) is 4.98 Å². The molecule has 0 spiro atoms. The molecule has 2 heterocycles. The highest BCUT2D eigenvalue weighted by molar-refractivity contribution is 6.03. The van der Waals surface area contributed by atoms with Crippen LogP contribution in [-0.4, -0.2) is 55.8 Å². The van der Waals surface area contributed by atoms with Gasteiger partial charge in [-0.3, -0.25) is 4.79 Å². The number of hydrogen-bond acceptors (Lipinski definition) is 4. The molecule has 1 aliphatic rings. The Morgan fingerprint density at radius 2 is 1.43 bits per heavy atom. The van der Waals surface area contributed by atoms with Crippen LogP contribution in [0.4, 0.5) is 37.8 Å². The van der Waals surface area contributed by atoms with Gasteiger partial charge in [-0.25, -0.2) is 4.98 Å². The quantitative estimate of drug-likeness (QED) is 0.185. The lowest BCUT2D eigenvalue weighted by molar-refractivity contribution is -0.861. The summed E-state index contributed by atoms with van der Waals surface area (Å²) in [5.74, 6) is -0.138. The average Bonchev–Trinajstić information content (AvgIpc) is 2.91. The molecule has 0 N–H and O–H groups in total. The minimum atomic E-state index is -5.05. The molecule has 42 heavy (non-hydrogen) atoms. The first kappa shape index (κ1) is 31.3. The molecule has 0 bridgehead atoms. The normalized spacial score (nSPS) is 16.0. The number of carbonyl (C=O) groups is 1. The van der Waals surface area contributed by atoms with Crippen LogP contribution in [0.5, 0.6) is 0 Å². The minimum Gasteiger partial charge on any atom is -0.633 e. The molecule has 0 unspecified atom stereocenters. The van der Waals surface area contributed by atoms with Gasteiger partial charge in [0.1, 0.15) is 5.82 Å². The van der Waals surface area contributed by atoms with Crippen LogP contribution in [0, 0.1) is 12.1 Å². The number of hydroxylamine groups is 3. The number of hydrogen-bond donors (Lipinski definition) is 0. The maximum atomic E-state index is 13.9. The number of nitrogens with zero attached hydrogens (tertiary/aromatic N) is 4. The third-order valence-corrected chi connectivity index (χ3v) is 7.82. The molecule has 1 aliphatic heterocycles. The molecule has 12 heteroatoms. The fraction of sp³-hybridized carbons (Fsp3) is 0.400. The zero-order chi connectivity index (χ0) is 31.3. The first-order valence-electron chi connectivity index (χ1n) is 13.3. The summed E-state index contributed by atoms with van der Waals surface area (Å²) in [6, 6.07) is 10.4. The number of aromatic nitrogens is 1. The number of likely N-dealkylation sites (N-methyl/N-ethyl adjacent to an activating group) is 2. The predicted octanol–water partition coefficient (Wildman–Crippen LogP) is 6.80. The molecule has 4 rings (SSSR count). The van der Waals surface area contributed by atoms with Crippen LogP contribution in [0.1, 0.15) is 36.1 Å². The van der Waals surface area contributed by atoms with Crippen LogP contribution in [0.25, 0.3) is 11.1 Å². The molecule has 0 radical (unpaired) electrons. The molecule has 1 amide bonds. The number of benzene rings is 2. The van der Waals surface area contributed by atoms with Crippen LogP contribution in [0.15, 0.2) is 54.7 Å². The molecule has 1 saturated heterocycles. The summed E-state index contributed by atoms with van der Waals surface area (Å²) in [6.07, 6.45) is -8.62. The van der Waals surface area contributed by atoms with Crippen LogP contribution in [0.2, 0.25) is 0 Å². The Morgan fingerprint density at radius 1 is 0.905 bits per heavy atom. The smallest absolute Gasteiger partial charge is 0.416 e. The first-order valence-corrected chi connectivity index (χ1v) is 13.3. The number of rotatable bonds is 5. The number of piperazine rings is 1. The fourth-order valence-corrected chi connectivity index (χ4v) is 5.05. The molecule has 1 fully saturated rings. The van der Waals surface area contributed by atoms with Crippen molar-refractivity contribution in [1.82, 2.24) is 4.98 Å². The van der Waals surface area contributed by atoms with Crippen molar-refractivity contribution in [2.24, 2.45) is 0 Å². The number of alkyl halides is 6. The third-order valence-electron chi connectivity index (χ3n) is 7.82. The molecule has 1 aromatic heterocycles. The van der Waals surface area contributed by atoms with E-state index in [1.165, 1.54) is 32.0 Å². The van der Waals surface area contributed by atoms with E-state index in [-0.39, 0.29) is 10.7 Å². The van der Waals surface area contributed by atoms with Crippen molar-refractivity contribution in [2.45, 2.75) is 38.5 Å². The number of quaternary nitrogens is 1. The molecule has 226 valence electrons. The molecular weight excluding hydrogens is 562 g/mol. The molecule has 0 saturated carbocycles. The lowest BCUT2D eigenvalue weighted by Gasteiger charge is -2.45. The summed E-state index contributed by atoms with van der Waals surface area (Å²) in [5, 5.41) is 12.3. The fourth-order valence-electron chi connectivity index (χ4n) is 5.05. The Bertz CT molecular complexity index is 1440. The second kappa shape index (κ2) is 10.9. The monoisotopic (exact) mass is 594 g/mol. The summed E-state index contributed by atoms with van der Waals surface area (Å²) >= 11 is 0. The van der Waals surface area contributed by atoms with Crippen molar-refractivity contribution in [3.05, 3.63) is 82.2 Å². The van der Waals surface area contributed by atoms with Gasteiger partial charge in [0.25, 0.3) is 0 Å². The van der Waals surface area contributed by atoms with E-state index < -0.39 is 40.4 Å². The molecule has 0 aliphatic carbocycles. The summed E-state index contributed by atoms with van der Waals surface area (Å²) in [4.78, 5) is 21.6. The van der Waals surface area contributed by atoms with Gasteiger partial charge in [-0.05, 0) is 61.7 Å². The van der Waals surface area contributed by atoms with Gasteiger partial charge in [-0.2, -0.15) is 26.3 Å². The highest BCUT2D eigenvalue weighted by atomic mass is 19.4. The highest BCUT2D eigenvalue weighted by Gasteiger charge is 2.41. The molecular formula is C30H32F6N4O2. The predicted molar refractivity (Wildman–Crippen MR) is 149 cm³/mol. The van der Waals surface area contributed by atoms with Crippen molar-refractivity contribution >= 4 is 17.4 Å². The van der Waals surface area contributed by atoms with E-state index in [1.807, 2.05) is 36.1 Å². The molecule has 6 nitrogen and oxygen atoms in total. The Morgan fingerprint density at radius 3 is 1.95 bits per heavy atom. The average molecular weight is 595 g/mol. The van der Waals surface area contributed by atoms with Crippen LogP contribution in [0.3, 0.4) is 0 Å². The van der Waals surface area contributed by atoms with Gasteiger partial charge in [0.05, 0.1) is 61.7 Å². The maximum Gasteiger partial charge on any atom is 0.416 e. The molecule has 3 aromatic rings. The SMILES string of the molecule is Cc1ccccc1-c1cc(N2CC[N+](C)([O-])CC2)ncc1N(C)C(=O)C(C)(C)c1cc(C(F)(F)F)cc(C(F)(F)F)c1. The topological polar surface area (TPSA) is 59.5 Å². The summed E-state index contributed by atoms with van der Waals surface area (Å²) in [5.41, 5.74) is -2.59. The summed E-state index contributed by atoms with van der Waals surface area (Å²) in [7, 11) is 3.03. The second-order valence-electron chi connectivity index (χ2n) is 11.4. The van der Waals surface area contributed by atoms with Gasteiger partial charge >= 0.3 is 12.4 Å². The van der Waals surface area contributed by atoms with E-state index in [4.69, 9.17) is 0 Å². The van der Waals surface area contributed by atoms with Crippen molar-refractivity contribution < 1.29 is 35.8 Å². The van der Waals surface area contributed by atoms with Gasteiger partial charge in [0.2, 0.25) is 5.91 Å². The van der Waals surface area contributed by atoms with E-state index in [0.717, 1.165) is 11.1 Å². The van der Waals surface area contributed by atoms with Gasteiger partial charge < -0.3 is 19.7 Å².